The number of carbonyl (C=O) groups excluding carboxylic acids is 6. The van der Waals surface area contributed by atoms with Crippen LogP contribution in [-0.4, -0.2) is 68.3 Å². The maximum atomic E-state index is 13.1. The summed E-state index contributed by atoms with van der Waals surface area (Å²) in [6.07, 6.45) is 9.24. The lowest BCUT2D eigenvalue weighted by atomic mass is 9.84. The Morgan fingerprint density at radius 1 is 0.833 bits per heavy atom. The lowest BCUT2D eigenvalue weighted by Crippen LogP contribution is -2.53. The van der Waals surface area contributed by atoms with E-state index in [0.717, 1.165) is 38.5 Å². The molecule has 0 fully saturated rings. The van der Waals surface area contributed by atoms with Crippen molar-refractivity contribution >= 4 is 30.0 Å². The molecule has 3 amide bonds. The summed E-state index contributed by atoms with van der Waals surface area (Å²) in [4.78, 5) is 66.6. The van der Waals surface area contributed by atoms with E-state index in [9.17, 15) is 19.2 Å². The number of hydrogen-bond donors (Lipinski definition) is 3. The molecule has 1 aromatic rings. The molecule has 0 aliphatic rings. The summed E-state index contributed by atoms with van der Waals surface area (Å²) in [5, 5.41) is 17.0. The van der Waals surface area contributed by atoms with E-state index in [0.29, 0.717) is 31.6 Å². The van der Waals surface area contributed by atoms with Gasteiger partial charge in [0, 0.05) is 25.4 Å². The molecule has 0 saturated heterocycles. The first-order chi connectivity index (χ1) is 22.2. The van der Waals surface area contributed by atoms with Gasteiger partial charge in [0.25, 0.3) is 0 Å². The molecule has 0 aromatic carbocycles. The van der Waals surface area contributed by atoms with Crippen LogP contribution in [0.25, 0.3) is 0 Å². The summed E-state index contributed by atoms with van der Waals surface area (Å²) in [7, 11) is 0. The van der Waals surface area contributed by atoms with Gasteiger partial charge in [-0.05, 0) is 79.1 Å². The summed E-state index contributed by atoms with van der Waals surface area (Å²) < 4.78 is 12.6. The molecule has 3 N–H and O–H groups in total. The van der Waals surface area contributed by atoms with Crippen molar-refractivity contribution in [3.05, 3.63) is 11.9 Å². The standard InChI is InChI=1S/C33H60N6O6.CO2/c1-11-12-13-14-18-27(40)34-22-24-23-39(38-37-24)21-16-15-17-26(31(2,3)4)36-30(43)35-25(29(42)45-33(8,9)10)19-20-28(41)44-32(5,6)7;2-1-3/h23,25-26H,11-22H2,1-10H3,(H,34,40)(H2,35,36,43);/t25-,26-;/m0./s1. The summed E-state index contributed by atoms with van der Waals surface area (Å²) in [5.41, 5.74) is -0.927. The highest BCUT2D eigenvalue weighted by molar-refractivity contribution is 5.84. The molecule has 0 aliphatic heterocycles. The SMILES string of the molecule is CCCCCCC(=O)NCc1cn(CCCC[C@H](NC(=O)N[C@@H](CCC(=O)OC(C)(C)C)C(=O)OC(C)(C)C)C(C)(C)C)nn1.O=C=O. The predicted molar refractivity (Wildman–Crippen MR) is 179 cm³/mol. The Labute approximate surface area is 286 Å². The van der Waals surface area contributed by atoms with Crippen LogP contribution in [0.1, 0.15) is 139 Å². The van der Waals surface area contributed by atoms with Crippen LogP contribution in [-0.2, 0) is 46.5 Å². The molecule has 274 valence electrons. The summed E-state index contributed by atoms with van der Waals surface area (Å²) >= 11 is 0. The van der Waals surface area contributed by atoms with Crippen molar-refractivity contribution in [2.24, 2.45) is 5.41 Å². The van der Waals surface area contributed by atoms with E-state index in [1.54, 1.807) is 46.2 Å². The average molecular weight is 681 g/mol. The zero-order valence-electron chi connectivity index (χ0n) is 30.8. The minimum absolute atomic E-state index is 0.0332. The largest absolute Gasteiger partial charge is 0.460 e. The smallest absolute Gasteiger partial charge is 0.373 e. The van der Waals surface area contributed by atoms with Gasteiger partial charge in [0.2, 0.25) is 5.91 Å². The molecule has 2 atom stereocenters. The maximum absolute atomic E-state index is 13.1. The third kappa shape index (κ3) is 22.7. The second-order valence-corrected chi connectivity index (χ2v) is 14.9. The zero-order chi connectivity index (χ0) is 37.0. The van der Waals surface area contributed by atoms with Crippen LogP contribution in [0, 0.1) is 5.41 Å². The van der Waals surface area contributed by atoms with Crippen molar-refractivity contribution in [1.29, 1.82) is 0 Å². The number of nitrogens with one attached hydrogen (secondary N) is 3. The second kappa shape index (κ2) is 22.0. The van der Waals surface area contributed by atoms with E-state index >= 15 is 0 Å². The number of amides is 3. The Bertz CT molecular complexity index is 1160. The molecular formula is C34H60N6O8. The third-order valence-electron chi connectivity index (χ3n) is 6.84. The van der Waals surface area contributed by atoms with Crippen molar-refractivity contribution in [3.8, 4) is 0 Å². The molecule has 48 heavy (non-hydrogen) atoms. The van der Waals surface area contributed by atoms with Gasteiger partial charge in [-0.15, -0.1) is 5.10 Å². The monoisotopic (exact) mass is 680 g/mol. The fourth-order valence-corrected chi connectivity index (χ4v) is 4.50. The van der Waals surface area contributed by atoms with Gasteiger partial charge in [-0.25, -0.2) is 9.59 Å². The molecule has 1 rings (SSSR count). The van der Waals surface area contributed by atoms with Crippen molar-refractivity contribution in [2.75, 3.05) is 0 Å². The first-order valence-electron chi connectivity index (χ1n) is 16.9. The minimum Gasteiger partial charge on any atom is -0.460 e. The fourth-order valence-electron chi connectivity index (χ4n) is 4.50. The molecule has 1 aromatic heterocycles. The van der Waals surface area contributed by atoms with Crippen LogP contribution < -0.4 is 16.0 Å². The van der Waals surface area contributed by atoms with E-state index < -0.39 is 35.2 Å². The molecule has 0 spiro atoms. The number of esters is 2. The van der Waals surface area contributed by atoms with Crippen LogP contribution in [0.4, 0.5) is 4.79 Å². The predicted octanol–water partition coefficient (Wildman–Crippen LogP) is 5.00. The number of urea groups is 1. The van der Waals surface area contributed by atoms with E-state index in [1.807, 2.05) is 27.0 Å². The maximum Gasteiger partial charge on any atom is 0.373 e. The van der Waals surface area contributed by atoms with Gasteiger partial charge in [-0.2, -0.15) is 9.59 Å². The van der Waals surface area contributed by atoms with Crippen molar-refractivity contribution < 1.29 is 38.2 Å². The number of carbonyl (C=O) groups is 4. The Balaban J connectivity index is 0.00000707. The van der Waals surface area contributed by atoms with Gasteiger partial charge in [0.1, 0.15) is 22.9 Å². The number of hydrogen-bond acceptors (Lipinski definition) is 10. The Hall–Kier alpha value is -3.80. The molecule has 0 saturated carbocycles. The fraction of sp³-hybridized carbons (Fsp3) is 0.794. The van der Waals surface area contributed by atoms with Gasteiger partial charge in [0.05, 0.1) is 12.7 Å². The molecule has 14 nitrogen and oxygen atoms in total. The Morgan fingerprint density at radius 3 is 2.02 bits per heavy atom. The lowest BCUT2D eigenvalue weighted by Gasteiger charge is -2.32. The quantitative estimate of drug-likeness (QED) is 0.141. The molecule has 0 bridgehead atoms. The number of rotatable bonds is 18. The van der Waals surface area contributed by atoms with Crippen LogP contribution in [0.15, 0.2) is 6.20 Å². The topological polar surface area (TPSA) is 188 Å². The van der Waals surface area contributed by atoms with Gasteiger partial charge < -0.3 is 25.4 Å². The van der Waals surface area contributed by atoms with Gasteiger partial charge in [-0.1, -0.05) is 52.2 Å². The highest BCUT2D eigenvalue weighted by atomic mass is 16.6. The summed E-state index contributed by atoms with van der Waals surface area (Å²) in [6, 6.07) is -1.69. The number of aromatic nitrogens is 3. The minimum atomic E-state index is -1.01. The highest BCUT2D eigenvalue weighted by Gasteiger charge is 2.31. The number of nitrogens with zero attached hydrogens (tertiary/aromatic N) is 3. The second-order valence-electron chi connectivity index (χ2n) is 14.9. The normalized spacial score (nSPS) is 12.8. The Morgan fingerprint density at radius 2 is 1.46 bits per heavy atom. The zero-order valence-corrected chi connectivity index (χ0v) is 30.8. The van der Waals surface area contributed by atoms with E-state index in [1.165, 1.54) is 0 Å². The molecule has 0 aliphatic carbocycles. The van der Waals surface area contributed by atoms with Crippen molar-refractivity contribution in [3.63, 3.8) is 0 Å². The van der Waals surface area contributed by atoms with Gasteiger partial charge in [-0.3, -0.25) is 14.3 Å². The van der Waals surface area contributed by atoms with Crippen LogP contribution in [0.5, 0.6) is 0 Å². The van der Waals surface area contributed by atoms with E-state index in [-0.39, 0.29) is 36.4 Å². The van der Waals surface area contributed by atoms with Crippen molar-refractivity contribution in [2.45, 2.75) is 170 Å². The Kier molecular flexibility index (Phi) is 20.2. The van der Waals surface area contributed by atoms with Gasteiger partial charge in [0.15, 0.2) is 0 Å². The summed E-state index contributed by atoms with van der Waals surface area (Å²) in [5.74, 6) is -1.02. The number of ether oxygens (including phenoxy) is 2. The molecule has 0 radical (unpaired) electrons. The molecule has 0 unspecified atom stereocenters. The van der Waals surface area contributed by atoms with Crippen molar-refractivity contribution in [1.82, 2.24) is 30.9 Å². The molecule has 14 heteroatoms. The third-order valence-corrected chi connectivity index (χ3v) is 6.84. The van der Waals surface area contributed by atoms with Crippen LogP contribution >= 0.6 is 0 Å². The summed E-state index contributed by atoms with van der Waals surface area (Å²) in [6.45, 7) is 19.9. The van der Waals surface area contributed by atoms with Crippen LogP contribution in [0.2, 0.25) is 0 Å². The van der Waals surface area contributed by atoms with Gasteiger partial charge >= 0.3 is 24.1 Å². The first kappa shape index (κ1) is 44.2. The first-order valence-corrected chi connectivity index (χ1v) is 16.9. The average Bonchev–Trinajstić information content (AvgIpc) is 3.39. The van der Waals surface area contributed by atoms with E-state index in [2.05, 4.69) is 33.2 Å². The number of aryl methyl sites for hydroxylation is 1. The molecule has 1 heterocycles. The molecular weight excluding hydrogens is 620 g/mol. The van der Waals surface area contributed by atoms with Crippen LogP contribution in [0.3, 0.4) is 0 Å². The number of unbranched alkanes of at least 4 members (excludes halogenated alkanes) is 4. The highest BCUT2D eigenvalue weighted by Crippen LogP contribution is 2.24. The van der Waals surface area contributed by atoms with E-state index in [4.69, 9.17) is 19.1 Å². The lowest BCUT2D eigenvalue weighted by molar-refractivity contribution is -0.191.